The smallest absolute Gasteiger partial charge is 0.164 e. The zero-order valence-electron chi connectivity index (χ0n) is 31.8. The normalized spacial score (nSPS) is 12.5. The minimum absolute atomic E-state index is 0. The number of aliphatic hydroxyl groups is 1. The number of allylic oxidation sites excluding steroid dienone is 2. The summed E-state index contributed by atoms with van der Waals surface area (Å²) in [6, 6.07) is 25.4. The van der Waals surface area contributed by atoms with Crippen molar-refractivity contribution in [2.75, 3.05) is 0 Å². The van der Waals surface area contributed by atoms with Crippen molar-refractivity contribution in [2.24, 2.45) is 10.8 Å². The minimum Gasteiger partial charge on any atom is -0.512 e. The molecule has 6 aromatic rings. The Morgan fingerprint density at radius 1 is 0.843 bits per heavy atom. The number of aliphatic hydroxyl groups excluding tert-OH is 1. The van der Waals surface area contributed by atoms with E-state index in [4.69, 9.17) is 4.98 Å². The number of carbonyl (C=O) groups excluding carboxylic acids is 1. The van der Waals surface area contributed by atoms with Crippen molar-refractivity contribution >= 4 is 59.4 Å². The number of pyridine rings is 1. The Kier molecular flexibility index (Phi) is 12.9. The molecule has 271 valence electrons. The van der Waals surface area contributed by atoms with E-state index in [0.717, 1.165) is 42.3 Å². The molecular weight excluding hydrogens is 843 g/mol. The summed E-state index contributed by atoms with van der Waals surface area (Å²) in [5, 5.41) is 17.4. The van der Waals surface area contributed by atoms with Crippen LogP contribution in [0.5, 0.6) is 0 Å². The van der Waals surface area contributed by atoms with Gasteiger partial charge in [-0.1, -0.05) is 110 Å². The maximum Gasteiger partial charge on any atom is 0.164 e. The van der Waals surface area contributed by atoms with Crippen LogP contribution in [0, 0.1) is 23.8 Å². The van der Waals surface area contributed by atoms with Gasteiger partial charge in [-0.05, 0) is 61.1 Å². The second kappa shape index (κ2) is 16.3. The molecule has 0 aliphatic rings. The van der Waals surface area contributed by atoms with Gasteiger partial charge in [0.2, 0.25) is 0 Å². The fraction of sp³-hybridized carbons (Fsp3) is 0.378. The van der Waals surface area contributed by atoms with Crippen LogP contribution in [0.1, 0.15) is 99.1 Å². The van der Waals surface area contributed by atoms with Gasteiger partial charge in [0.15, 0.2) is 5.78 Å². The van der Waals surface area contributed by atoms with Gasteiger partial charge in [-0.3, -0.25) is 9.78 Å². The summed E-state index contributed by atoms with van der Waals surface area (Å²) in [6.45, 7) is 21.2. The molecule has 0 fully saturated rings. The molecule has 3 nitrogen and oxygen atoms in total. The monoisotopic (exact) mass is 895 g/mol. The van der Waals surface area contributed by atoms with Gasteiger partial charge in [-0.2, -0.15) is 0 Å². The predicted octanol–water partition coefficient (Wildman–Crippen LogP) is 14.1. The van der Waals surface area contributed by atoms with Gasteiger partial charge in [0.1, 0.15) is 5.76 Å². The summed E-state index contributed by atoms with van der Waals surface area (Å²) in [7, 11) is 0. The van der Waals surface area contributed by atoms with E-state index in [9.17, 15) is 9.90 Å². The largest absolute Gasteiger partial charge is 0.512 e. The van der Waals surface area contributed by atoms with Crippen LogP contribution in [-0.4, -0.2) is 15.9 Å². The van der Waals surface area contributed by atoms with Crippen LogP contribution >= 0.6 is 22.7 Å². The molecule has 51 heavy (non-hydrogen) atoms. The quantitative estimate of drug-likeness (QED) is 0.0894. The molecule has 0 spiro atoms. The van der Waals surface area contributed by atoms with Crippen LogP contribution in [0.2, 0.25) is 0 Å². The minimum atomic E-state index is -0.337. The average Bonchev–Trinajstić information content (AvgIpc) is 3.70. The summed E-state index contributed by atoms with van der Waals surface area (Å²) in [6.07, 6.45) is 6.70. The molecule has 6 heteroatoms. The maximum atomic E-state index is 12.2. The van der Waals surface area contributed by atoms with E-state index in [2.05, 4.69) is 99.8 Å². The SMILES string of the molecule is CCC(C)(CC)C(=O)/C=C(\O)C(C)(CC)CC.Cc1c(-c2csc3ccccc23)sc2ccnc(-c3[c-]c4ccccc4c(C(C)(C)C)c3)c12.[Ir]. The molecule has 0 saturated carbocycles. The second-order valence-electron chi connectivity index (χ2n) is 15.1. The van der Waals surface area contributed by atoms with Gasteiger partial charge < -0.3 is 5.11 Å². The van der Waals surface area contributed by atoms with E-state index in [0.29, 0.717) is 0 Å². The third-order valence-corrected chi connectivity index (χ3v) is 13.3. The Balaban J connectivity index is 0.000000279. The Morgan fingerprint density at radius 2 is 1.45 bits per heavy atom. The van der Waals surface area contributed by atoms with Crippen molar-refractivity contribution < 1.29 is 30.0 Å². The second-order valence-corrected chi connectivity index (χ2v) is 17.0. The van der Waals surface area contributed by atoms with Crippen LogP contribution in [0.15, 0.2) is 84.1 Å². The van der Waals surface area contributed by atoms with E-state index in [1.807, 2.05) is 70.4 Å². The first-order valence-electron chi connectivity index (χ1n) is 18.0. The van der Waals surface area contributed by atoms with Crippen LogP contribution < -0.4 is 0 Å². The number of rotatable bonds is 9. The Bertz CT molecular complexity index is 2170. The molecule has 0 amide bonds. The summed E-state index contributed by atoms with van der Waals surface area (Å²) in [5.41, 5.74) is 5.51. The Labute approximate surface area is 326 Å². The van der Waals surface area contributed by atoms with Gasteiger partial charge in [-0.25, -0.2) is 0 Å². The van der Waals surface area contributed by atoms with Crippen LogP contribution in [0.4, 0.5) is 0 Å². The molecule has 0 atom stereocenters. The molecule has 0 unspecified atom stereocenters. The molecular formula is C45H52IrNO2S2-. The van der Waals surface area contributed by atoms with Crippen molar-refractivity contribution in [1.29, 1.82) is 0 Å². The molecule has 0 aliphatic carbocycles. The first kappa shape index (κ1) is 40.6. The van der Waals surface area contributed by atoms with Gasteiger partial charge in [0.25, 0.3) is 0 Å². The molecule has 1 radical (unpaired) electrons. The van der Waals surface area contributed by atoms with Gasteiger partial charge in [0, 0.05) is 79.5 Å². The summed E-state index contributed by atoms with van der Waals surface area (Å²) in [4.78, 5) is 18.4. The van der Waals surface area contributed by atoms with E-state index in [1.54, 1.807) is 0 Å². The zero-order valence-corrected chi connectivity index (χ0v) is 35.8. The fourth-order valence-corrected chi connectivity index (χ4v) is 8.73. The number of hydrogen-bond donors (Lipinski definition) is 1. The summed E-state index contributed by atoms with van der Waals surface area (Å²) >= 11 is 3.69. The molecule has 3 aromatic carbocycles. The first-order valence-corrected chi connectivity index (χ1v) is 19.7. The number of hydrogen-bond acceptors (Lipinski definition) is 5. The van der Waals surface area contributed by atoms with Crippen LogP contribution in [0.3, 0.4) is 0 Å². The standard InChI is InChI=1S/C30H24NS2.C15H28O2.Ir/c1-18-27-26(33-29(18)23-17-32-25-12-8-7-11-22(23)25)13-14-31-28(27)20-15-19-9-5-6-10-21(19)24(16-20)30(2,3)4;1-7-14(5,8-2)12(16)11-13(17)15(6,9-3)10-4;/h5-14,16-17H,1-4H3;11,16H,7-10H2,1-6H3;/q-1;;/b;12-11-;. The number of aromatic nitrogens is 1. The Morgan fingerprint density at radius 3 is 2.08 bits per heavy atom. The third kappa shape index (κ3) is 8.10. The Hall–Kier alpha value is -3.15. The van der Waals surface area contributed by atoms with Crippen molar-refractivity contribution in [2.45, 2.75) is 100 Å². The maximum absolute atomic E-state index is 12.2. The van der Waals surface area contributed by atoms with E-state index in [-0.39, 0.29) is 47.9 Å². The third-order valence-electron chi connectivity index (χ3n) is 11.0. The van der Waals surface area contributed by atoms with Gasteiger partial charge in [0.05, 0.1) is 0 Å². The van der Waals surface area contributed by atoms with E-state index < -0.39 is 0 Å². The molecule has 3 aromatic heterocycles. The van der Waals surface area contributed by atoms with E-state index >= 15 is 0 Å². The number of ketones is 1. The number of thiophene rings is 2. The first-order chi connectivity index (χ1) is 23.7. The fourth-order valence-electron chi connectivity index (χ4n) is 6.47. The molecule has 0 aliphatic heterocycles. The molecule has 1 N–H and O–H groups in total. The number of aryl methyl sites for hydroxylation is 1. The number of nitrogens with zero attached hydrogens (tertiary/aromatic N) is 1. The topological polar surface area (TPSA) is 50.2 Å². The number of benzene rings is 3. The average molecular weight is 895 g/mol. The number of fused-ring (bicyclic) bond motifs is 3. The number of carbonyl (C=O) groups is 1. The van der Waals surface area contributed by atoms with Crippen molar-refractivity contribution in [3.05, 3.63) is 101 Å². The van der Waals surface area contributed by atoms with Gasteiger partial charge >= 0.3 is 0 Å². The summed E-state index contributed by atoms with van der Waals surface area (Å²) < 4.78 is 2.61. The van der Waals surface area contributed by atoms with Gasteiger partial charge in [-0.15, -0.1) is 51.8 Å². The molecule has 0 saturated heterocycles. The van der Waals surface area contributed by atoms with Crippen molar-refractivity contribution in [1.82, 2.24) is 4.98 Å². The summed E-state index contributed by atoms with van der Waals surface area (Å²) in [5.74, 6) is 0.286. The zero-order chi connectivity index (χ0) is 36.4. The van der Waals surface area contributed by atoms with Crippen LogP contribution in [-0.2, 0) is 30.3 Å². The van der Waals surface area contributed by atoms with Crippen LogP contribution in [0.25, 0.3) is 52.6 Å². The van der Waals surface area contributed by atoms with Crippen molar-refractivity contribution in [3.63, 3.8) is 0 Å². The predicted molar refractivity (Wildman–Crippen MR) is 219 cm³/mol. The van der Waals surface area contributed by atoms with E-state index in [1.165, 1.54) is 53.2 Å². The molecule has 6 rings (SSSR count). The van der Waals surface area contributed by atoms with Crippen molar-refractivity contribution in [3.8, 4) is 21.7 Å². The molecule has 3 heterocycles. The molecule has 0 bridgehead atoms.